The standard InChI is InChI=1S/C17H24N2O2S/c1-3-12-22(20,21)19-10-8-14(9-11-19)17-13-15-6-4-5-7-16(15)18(17)2/h4-7,13-14H,3,8-12H2,1-2H3. The summed E-state index contributed by atoms with van der Waals surface area (Å²) in [6.07, 6.45) is 2.51. The van der Waals surface area contributed by atoms with Gasteiger partial charge in [-0.2, -0.15) is 0 Å². The SMILES string of the molecule is CCCS(=O)(=O)N1CCC(c2cc3ccccc3n2C)CC1. The lowest BCUT2D eigenvalue weighted by Crippen LogP contribution is -2.39. The summed E-state index contributed by atoms with van der Waals surface area (Å²) in [6, 6.07) is 10.7. The van der Waals surface area contributed by atoms with Gasteiger partial charge in [0.25, 0.3) is 0 Å². The molecule has 0 aliphatic carbocycles. The number of fused-ring (bicyclic) bond motifs is 1. The molecule has 1 aromatic heterocycles. The first-order valence-corrected chi connectivity index (χ1v) is 9.66. The zero-order valence-corrected chi connectivity index (χ0v) is 14.1. The van der Waals surface area contributed by atoms with E-state index in [1.807, 2.05) is 6.92 Å². The lowest BCUT2D eigenvalue weighted by molar-refractivity contribution is 0.314. The van der Waals surface area contributed by atoms with Crippen LogP contribution in [-0.4, -0.2) is 36.1 Å². The third kappa shape index (κ3) is 2.79. The minimum absolute atomic E-state index is 0.270. The van der Waals surface area contributed by atoms with Gasteiger partial charge in [0.2, 0.25) is 10.0 Å². The molecule has 2 heterocycles. The van der Waals surface area contributed by atoms with Gasteiger partial charge in [-0.1, -0.05) is 25.1 Å². The molecule has 0 spiro atoms. The summed E-state index contributed by atoms with van der Waals surface area (Å²) in [6.45, 7) is 3.21. The minimum atomic E-state index is -3.05. The zero-order chi connectivity index (χ0) is 15.7. The Labute approximate surface area is 132 Å². The van der Waals surface area contributed by atoms with Gasteiger partial charge in [0.1, 0.15) is 0 Å². The second-order valence-electron chi connectivity index (χ2n) is 6.18. The molecule has 1 fully saturated rings. The van der Waals surface area contributed by atoms with Crippen LogP contribution >= 0.6 is 0 Å². The van der Waals surface area contributed by atoms with Crippen LogP contribution in [0.3, 0.4) is 0 Å². The van der Waals surface area contributed by atoms with Crippen molar-refractivity contribution < 1.29 is 8.42 Å². The van der Waals surface area contributed by atoms with Crippen molar-refractivity contribution in [1.29, 1.82) is 0 Å². The van der Waals surface area contributed by atoms with Crippen LogP contribution in [-0.2, 0) is 17.1 Å². The summed E-state index contributed by atoms with van der Waals surface area (Å²) in [7, 11) is -0.938. The van der Waals surface area contributed by atoms with Gasteiger partial charge in [0, 0.05) is 37.3 Å². The Balaban J connectivity index is 1.77. The molecule has 0 atom stereocenters. The molecule has 2 aromatic rings. The molecule has 4 nitrogen and oxygen atoms in total. The van der Waals surface area contributed by atoms with Crippen LogP contribution in [0, 0.1) is 0 Å². The Morgan fingerprint density at radius 2 is 1.86 bits per heavy atom. The third-order valence-electron chi connectivity index (χ3n) is 4.72. The topological polar surface area (TPSA) is 42.3 Å². The fourth-order valence-corrected chi connectivity index (χ4v) is 5.06. The molecule has 1 aliphatic heterocycles. The van der Waals surface area contributed by atoms with E-state index in [-0.39, 0.29) is 5.75 Å². The number of para-hydroxylation sites is 1. The van der Waals surface area contributed by atoms with Crippen molar-refractivity contribution in [2.24, 2.45) is 7.05 Å². The van der Waals surface area contributed by atoms with E-state index in [1.165, 1.54) is 16.6 Å². The molecule has 1 aromatic carbocycles. The molecular weight excluding hydrogens is 296 g/mol. The number of piperidine rings is 1. The second kappa shape index (κ2) is 6.05. The number of sulfonamides is 1. The average molecular weight is 320 g/mol. The average Bonchev–Trinajstić information content (AvgIpc) is 2.85. The van der Waals surface area contributed by atoms with Crippen LogP contribution < -0.4 is 0 Å². The maximum Gasteiger partial charge on any atom is 0.214 e. The van der Waals surface area contributed by atoms with Gasteiger partial charge in [0.15, 0.2) is 0 Å². The first-order chi connectivity index (χ1) is 10.5. The van der Waals surface area contributed by atoms with E-state index in [0.717, 1.165) is 12.8 Å². The molecule has 0 radical (unpaired) electrons. The highest BCUT2D eigenvalue weighted by Gasteiger charge is 2.29. The van der Waals surface area contributed by atoms with Gasteiger partial charge in [-0.15, -0.1) is 0 Å². The lowest BCUT2D eigenvalue weighted by atomic mass is 9.94. The van der Waals surface area contributed by atoms with E-state index in [0.29, 0.717) is 25.4 Å². The van der Waals surface area contributed by atoms with Gasteiger partial charge in [-0.05, 0) is 36.8 Å². The van der Waals surface area contributed by atoms with Crippen LogP contribution in [0.25, 0.3) is 10.9 Å². The number of hydrogen-bond donors (Lipinski definition) is 0. The number of benzene rings is 1. The molecule has 0 saturated carbocycles. The molecular formula is C17H24N2O2S. The molecule has 1 aliphatic rings. The molecule has 120 valence electrons. The van der Waals surface area contributed by atoms with Crippen LogP contribution in [0.4, 0.5) is 0 Å². The quantitative estimate of drug-likeness (QED) is 0.869. The summed E-state index contributed by atoms with van der Waals surface area (Å²) in [5.74, 6) is 0.719. The van der Waals surface area contributed by atoms with Crippen molar-refractivity contribution >= 4 is 20.9 Å². The van der Waals surface area contributed by atoms with E-state index in [2.05, 4.69) is 41.9 Å². The Hall–Kier alpha value is -1.33. The van der Waals surface area contributed by atoms with Crippen molar-refractivity contribution in [3.05, 3.63) is 36.0 Å². The predicted octanol–water partition coefficient (Wildman–Crippen LogP) is 3.10. The monoisotopic (exact) mass is 320 g/mol. The fourth-order valence-electron chi connectivity index (χ4n) is 3.52. The zero-order valence-electron chi connectivity index (χ0n) is 13.3. The summed E-state index contributed by atoms with van der Waals surface area (Å²) in [4.78, 5) is 0. The fraction of sp³-hybridized carbons (Fsp3) is 0.529. The highest BCUT2D eigenvalue weighted by molar-refractivity contribution is 7.89. The summed E-state index contributed by atoms with van der Waals surface area (Å²) in [5, 5.41) is 1.26. The van der Waals surface area contributed by atoms with Gasteiger partial charge >= 0.3 is 0 Å². The number of aryl methyl sites for hydroxylation is 1. The summed E-state index contributed by atoms with van der Waals surface area (Å²) in [5.41, 5.74) is 2.58. The number of rotatable bonds is 4. The van der Waals surface area contributed by atoms with Crippen LogP contribution in [0.2, 0.25) is 0 Å². The Bertz CT molecular complexity index is 756. The van der Waals surface area contributed by atoms with Crippen molar-refractivity contribution in [2.75, 3.05) is 18.8 Å². The largest absolute Gasteiger partial charge is 0.347 e. The highest BCUT2D eigenvalue weighted by Crippen LogP contribution is 2.32. The van der Waals surface area contributed by atoms with Crippen molar-refractivity contribution in [1.82, 2.24) is 8.87 Å². The Morgan fingerprint density at radius 3 is 2.50 bits per heavy atom. The molecule has 0 amide bonds. The maximum absolute atomic E-state index is 12.2. The van der Waals surface area contributed by atoms with E-state index in [1.54, 1.807) is 4.31 Å². The first-order valence-electron chi connectivity index (χ1n) is 8.05. The van der Waals surface area contributed by atoms with Crippen LogP contribution in [0.15, 0.2) is 30.3 Å². The number of hydrogen-bond acceptors (Lipinski definition) is 2. The third-order valence-corrected chi connectivity index (χ3v) is 6.79. The predicted molar refractivity (Wildman–Crippen MR) is 90.5 cm³/mol. The molecule has 1 saturated heterocycles. The number of nitrogens with zero attached hydrogens (tertiary/aromatic N) is 2. The normalized spacial score (nSPS) is 18.1. The highest BCUT2D eigenvalue weighted by atomic mass is 32.2. The van der Waals surface area contributed by atoms with Crippen molar-refractivity contribution in [2.45, 2.75) is 32.1 Å². The minimum Gasteiger partial charge on any atom is -0.347 e. The van der Waals surface area contributed by atoms with Crippen LogP contribution in [0.5, 0.6) is 0 Å². The van der Waals surface area contributed by atoms with Gasteiger partial charge < -0.3 is 4.57 Å². The smallest absolute Gasteiger partial charge is 0.214 e. The Kier molecular flexibility index (Phi) is 4.28. The lowest BCUT2D eigenvalue weighted by Gasteiger charge is -2.31. The molecule has 5 heteroatoms. The van der Waals surface area contributed by atoms with Gasteiger partial charge in [-0.3, -0.25) is 0 Å². The van der Waals surface area contributed by atoms with Crippen molar-refractivity contribution in [3.8, 4) is 0 Å². The first kappa shape index (κ1) is 15.6. The van der Waals surface area contributed by atoms with E-state index in [9.17, 15) is 8.42 Å². The molecule has 0 N–H and O–H groups in total. The van der Waals surface area contributed by atoms with Crippen molar-refractivity contribution in [3.63, 3.8) is 0 Å². The number of aromatic nitrogens is 1. The van der Waals surface area contributed by atoms with E-state index in [4.69, 9.17) is 0 Å². The van der Waals surface area contributed by atoms with E-state index >= 15 is 0 Å². The molecule has 22 heavy (non-hydrogen) atoms. The summed E-state index contributed by atoms with van der Waals surface area (Å²) < 4.78 is 28.3. The summed E-state index contributed by atoms with van der Waals surface area (Å²) >= 11 is 0. The maximum atomic E-state index is 12.2. The molecule has 0 bridgehead atoms. The molecule has 0 unspecified atom stereocenters. The van der Waals surface area contributed by atoms with Gasteiger partial charge in [-0.25, -0.2) is 12.7 Å². The second-order valence-corrected chi connectivity index (χ2v) is 8.26. The van der Waals surface area contributed by atoms with Gasteiger partial charge in [0.05, 0.1) is 5.75 Å². The molecule has 3 rings (SSSR count). The van der Waals surface area contributed by atoms with Crippen LogP contribution in [0.1, 0.15) is 37.8 Å². The van der Waals surface area contributed by atoms with E-state index < -0.39 is 10.0 Å². The Morgan fingerprint density at radius 1 is 1.18 bits per heavy atom.